The summed E-state index contributed by atoms with van der Waals surface area (Å²) >= 11 is 0. The Balaban J connectivity index is 1.76. The smallest absolute Gasteiger partial charge is 0.416 e. The number of aryl methyl sites for hydroxylation is 1. The minimum Gasteiger partial charge on any atom is -0.465 e. The fraction of sp³-hybridized carbons (Fsp3) is 0.261. The maximum absolute atomic E-state index is 13.1. The summed E-state index contributed by atoms with van der Waals surface area (Å²) in [6.07, 6.45) is -1.99. The lowest BCUT2D eigenvalue weighted by Gasteiger charge is -2.32. The van der Waals surface area contributed by atoms with E-state index in [2.05, 4.69) is 9.97 Å². The van der Waals surface area contributed by atoms with Gasteiger partial charge in [0.05, 0.1) is 30.4 Å². The van der Waals surface area contributed by atoms with Crippen LogP contribution in [0.5, 0.6) is 0 Å². The monoisotopic (exact) mass is 455 g/mol. The van der Waals surface area contributed by atoms with E-state index in [1.807, 2.05) is 19.2 Å². The summed E-state index contributed by atoms with van der Waals surface area (Å²) in [6, 6.07) is 6.41. The quantitative estimate of drug-likeness (QED) is 0.429. The highest BCUT2D eigenvalue weighted by Crippen LogP contribution is 2.41. The third-order valence-electron chi connectivity index (χ3n) is 6.12. The first kappa shape index (κ1) is 21.0. The van der Waals surface area contributed by atoms with E-state index in [0.29, 0.717) is 34.7 Å². The Morgan fingerprint density at radius 3 is 2.61 bits per heavy atom. The van der Waals surface area contributed by atoms with Crippen LogP contribution >= 0.6 is 0 Å². The molecule has 4 heterocycles. The predicted octanol–water partition coefficient (Wildman–Crippen LogP) is 5.30. The molecule has 0 saturated carbocycles. The van der Waals surface area contributed by atoms with Crippen LogP contribution < -0.4 is 0 Å². The first-order valence-corrected chi connectivity index (χ1v) is 10.3. The number of carboxylic acid groups (broad SMARTS) is 1. The van der Waals surface area contributed by atoms with Crippen molar-refractivity contribution < 1.29 is 23.1 Å². The molecule has 4 aromatic rings. The second kappa shape index (κ2) is 7.36. The van der Waals surface area contributed by atoms with E-state index in [-0.39, 0.29) is 12.6 Å². The number of nitrogens with one attached hydrogen (secondary N) is 1. The molecule has 0 bridgehead atoms. The molecule has 170 valence electrons. The highest BCUT2D eigenvalue weighted by atomic mass is 19.4. The van der Waals surface area contributed by atoms with Gasteiger partial charge in [-0.1, -0.05) is 12.1 Å². The average Bonchev–Trinajstić information content (AvgIpc) is 3.33. The van der Waals surface area contributed by atoms with Gasteiger partial charge in [0.15, 0.2) is 0 Å². The zero-order chi connectivity index (χ0) is 23.5. The molecule has 0 fully saturated rings. The topological polar surface area (TPSA) is 87.0 Å². The Hall–Kier alpha value is -3.82. The third-order valence-corrected chi connectivity index (χ3v) is 6.12. The summed E-state index contributed by atoms with van der Waals surface area (Å²) in [4.78, 5) is 20.7. The van der Waals surface area contributed by atoms with Crippen LogP contribution in [0, 0.1) is 6.92 Å². The van der Waals surface area contributed by atoms with E-state index in [1.165, 1.54) is 17.0 Å². The minimum absolute atomic E-state index is 0.118. The van der Waals surface area contributed by atoms with Crippen LogP contribution in [0.4, 0.5) is 18.0 Å². The number of carbonyl (C=O) groups is 1. The molecule has 0 saturated heterocycles. The van der Waals surface area contributed by atoms with Crippen molar-refractivity contribution in [3.8, 4) is 22.4 Å². The van der Waals surface area contributed by atoms with Crippen LogP contribution in [0.2, 0.25) is 0 Å². The molecule has 33 heavy (non-hydrogen) atoms. The lowest BCUT2D eigenvalue weighted by Crippen LogP contribution is -2.44. The summed E-state index contributed by atoms with van der Waals surface area (Å²) < 4.78 is 41.1. The lowest BCUT2D eigenvalue weighted by molar-refractivity contribution is -0.137. The van der Waals surface area contributed by atoms with Gasteiger partial charge in [-0.2, -0.15) is 18.3 Å². The van der Waals surface area contributed by atoms with Crippen molar-refractivity contribution in [2.24, 2.45) is 0 Å². The Labute approximate surface area is 186 Å². The van der Waals surface area contributed by atoms with Gasteiger partial charge in [-0.15, -0.1) is 0 Å². The van der Waals surface area contributed by atoms with Crippen molar-refractivity contribution in [1.29, 1.82) is 0 Å². The zero-order valence-corrected chi connectivity index (χ0v) is 17.8. The van der Waals surface area contributed by atoms with Crippen LogP contribution in [0.3, 0.4) is 0 Å². The maximum Gasteiger partial charge on any atom is 0.416 e. The number of fused-ring (bicyclic) bond motifs is 2. The molecule has 0 radical (unpaired) electrons. The van der Waals surface area contributed by atoms with Crippen molar-refractivity contribution in [1.82, 2.24) is 24.6 Å². The molecule has 1 atom stereocenters. The fourth-order valence-electron chi connectivity index (χ4n) is 4.46. The number of alkyl halides is 3. The number of rotatable bonds is 2. The van der Waals surface area contributed by atoms with Gasteiger partial charge in [-0.05, 0) is 43.2 Å². The van der Waals surface area contributed by atoms with Gasteiger partial charge in [0.2, 0.25) is 0 Å². The van der Waals surface area contributed by atoms with Crippen molar-refractivity contribution in [3.05, 3.63) is 59.5 Å². The molecule has 1 amide bonds. The van der Waals surface area contributed by atoms with Crippen LogP contribution in [-0.4, -0.2) is 41.9 Å². The molecular formula is C23H20F3N5O2. The van der Waals surface area contributed by atoms with Gasteiger partial charge in [-0.25, -0.2) is 9.78 Å². The largest absolute Gasteiger partial charge is 0.465 e. The minimum atomic E-state index is -4.44. The molecule has 0 spiro atoms. The summed E-state index contributed by atoms with van der Waals surface area (Å²) in [7, 11) is 0. The highest BCUT2D eigenvalue weighted by Gasteiger charge is 2.34. The number of nitrogens with zero attached hydrogens (tertiary/aromatic N) is 4. The Bertz CT molecular complexity index is 1370. The Morgan fingerprint density at radius 1 is 1.21 bits per heavy atom. The first-order chi connectivity index (χ1) is 15.6. The number of hydrogen-bond acceptors (Lipinski definition) is 3. The number of amides is 1. The van der Waals surface area contributed by atoms with Gasteiger partial charge in [0.1, 0.15) is 11.3 Å². The maximum atomic E-state index is 13.1. The SMILES string of the molecule is Cc1c[nH]c2nccc(-c3c(-c4ccc(C(F)(F)F)cc4)nn4c3CN(C(=O)O)[C@H](C)C4)c12. The number of H-pyrrole nitrogens is 1. The molecule has 0 unspecified atom stereocenters. The second-order valence-electron chi connectivity index (χ2n) is 8.24. The number of benzene rings is 1. The van der Waals surface area contributed by atoms with E-state index < -0.39 is 17.8 Å². The van der Waals surface area contributed by atoms with Crippen LogP contribution in [0.15, 0.2) is 42.7 Å². The molecule has 5 rings (SSSR count). The van der Waals surface area contributed by atoms with Crippen molar-refractivity contribution in [3.63, 3.8) is 0 Å². The normalized spacial score (nSPS) is 16.3. The molecule has 2 N–H and O–H groups in total. The molecule has 1 aliphatic heterocycles. The van der Waals surface area contributed by atoms with Crippen LogP contribution in [-0.2, 0) is 19.3 Å². The number of hydrogen-bond donors (Lipinski definition) is 2. The van der Waals surface area contributed by atoms with E-state index in [1.54, 1.807) is 17.8 Å². The number of aromatic nitrogens is 4. The molecule has 10 heteroatoms. The molecule has 3 aromatic heterocycles. The fourth-order valence-corrected chi connectivity index (χ4v) is 4.46. The van der Waals surface area contributed by atoms with Crippen molar-refractivity contribution >= 4 is 17.1 Å². The lowest BCUT2D eigenvalue weighted by atomic mass is 9.95. The average molecular weight is 455 g/mol. The molecule has 0 aliphatic carbocycles. The van der Waals surface area contributed by atoms with E-state index in [9.17, 15) is 23.1 Å². The van der Waals surface area contributed by atoms with Gasteiger partial charge in [0.25, 0.3) is 0 Å². The van der Waals surface area contributed by atoms with Gasteiger partial charge in [-0.3, -0.25) is 9.58 Å². The van der Waals surface area contributed by atoms with Gasteiger partial charge in [0, 0.05) is 28.9 Å². The van der Waals surface area contributed by atoms with Crippen LogP contribution in [0.1, 0.15) is 23.7 Å². The Morgan fingerprint density at radius 2 is 1.94 bits per heavy atom. The Kier molecular flexibility index (Phi) is 4.70. The van der Waals surface area contributed by atoms with Crippen molar-refractivity contribution in [2.75, 3.05) is 0 Å². The number of halogens is 3. The summed E-state index contributed by atoms with van der Waals surface area (Å²) in [5.74, 6) is 0. The van der Waals surface area contributed by atoms with Gasteiger partial charge < -0.3 is 10.1 Å². The first-order valence-electron chi connectivity index (χ1n) is 10.3. The van der Waals surface area contributed by atoms with E-state index in [0.717, 1.165) is 28.6 Å². The van der Waals surface area contributed by atoms with Crippen LogP contribution in [0.25, 0.3) is 33.4 Å². The summed E-state index contributed by atoms with van der Waals surface area (Å²) in [5.41, 5.74) is 4.10. The predicted molar refractivity (Wildman–Crippen MR) is 116 cm³/mol. The van der Waals surface area contributed by atoms with E-state index in [4.69, 9.17) is 5.10 Å². The highest BCUT2D eigenvalue weighted by molar-refractivity contribution is 6.00. The van der Waals surface area contributed by atoms with Gasteiger partial charge >= 0.3 is 12.3 Å². The zero-order valence-electron chi connectivity index (χ0n) is 17.8. The number of aromatic amines is 1. The van der Waals surface area contributed by atoms with Crippen molar-refractivity contribution in [2.45, 2.75) is 39.2 Å². The standard InChI is InChI=1S/C23H20F3N5O2/c1-12-9-28-21-18(12)16(7-8-27-21)19-17-11-30(22(32)33)13(2)10-31(17)29-20(19)14-3-5-15(6-4-14)23(24,25)26/h3-9,13H,10-11H2,1-2H3,(H,27,28)(H,32,33)/t13-/m1/s1. The second-order valence-corrected chi connectivity index (χ2v) is 8.24. The van der Waals surface area contributed by atoms with E-state index >= 15 is 0 Å². The third kappa shape index (κ3) is 3.42. The molecule has 7 nitrogen and oxygen atoms in total. The molecule has 1 aromatic carbocycles. The molecular weight excluding hydrogens is 435 g/mol. The summed E-state index contributed by atoms with van der Waals surface area (Å²) in [6.45, 7) is 4.20. The number of pyridine rings is 1. The molecule has 1 aliphatic rings. The summed E-state index contributed by atoms with van der Waals surface area (Å²) in [5, 5.41) is 15.3.